The summed E-state index contributed by atoms with van der Waals surface area (Å²) in [6.07, 6.45) is 1.95. The second-order valence-electron chi connectivity index (χ2n) is 3.60. The van der Waals surface area contributed by atoms with Gasteiger partial charge in [-0.3, -0.25) is 4.98 Å². The number of nitrogens with zero attached hydrogens (tertiary/aromatic N) is 2. The molecular weight excluding hydrogens is 291 g/mol. The number of nitriles is 1. The molecule has 0 N–H and O–H groups in total. The molecule has 0 aliphatic rings. The number of pyridine rings is 1. The van der Waals surface area contributed by atoms with Gasteiger partial charge >= 0.3 is 0 Å². The average molecular weight is 298 g/mol. The summed E-state index contributed by atoms with van der Waals surface area (Å²) in [5.74, 6) is 0. The Kier molecular flexibility index (Phi) is 4.08. The Hall–Kier alpha value is -1.27. The van der Waals surface area contributed by atoms with Crippen molar-refractivity contribution in [3.63, 3.8) is 0 Å². The summed E-state index contributed by atoms with van der Waals surface area (Å²) < 4.78 is 0. The standard InChI is InChI=1S/C13H7Cl3N2/c14-11-4-3-10(12(15)13(11)16)8-1-2-9(5-6-17)18-7-8/h1-4,7H,5H2. The highest BCUT2D eigenvalue weighted by Crippen LogP contribution is 2.37. The summed E-state index contributed by atoms with van der Waals surface area (Å²) >= 11 is 18.0. The fourth-order valence-electron chi connectivity index (χ4n) is 1.52. The van der Waals surface area contributed by atoms with Crippen LogP contribution in [0.1, 0.15) is 5.69 Å². The second-order valence-corrected chi connectivity index (χ2v) is 4.76. The fourth-order valence-corrected chi connectivity index (χ4v) is 2.16. The van der Waals surface area contributed by atoms with E-state index in [1.165, 1.54) is 0 Å². The molecule has 0 amide bonds. The Labute approximate surface area is 120 Å². The quantitative estimate of drug-likeness (QED) is 0.748. The molecule has 0 spiro atoms. The number of benzene rings is 1. The minimum Gasteiger partial charge on any atom is -0.260 e. The summed E-state index contributed by atoms with van der Waals surface area (Å²) in [6.45, 7) is 0. The molecule has 1 aromatic carbocycles. The largest absolute Gasteiger partial charge is 0.260 e. The van der Waals surface area contributed by atoms with Crippen LogP contribution >= 0.6 is 34.8 Å². The molecule has 90 valence electrons. The zero-order valence-electron chi connectivity index (χ0n) is 9.12. The van der Waals surface area contributed by atoms with Gasteiger partial charge in [0.25, 0.3) is 0 Å². The van der Waals surface area contributed by atoms with Crippen molar-refractivity contribution in [3.8, 4) is 17.2 Å². The topological polar surface area (TPSA) is 36.7 Å². The first-order valence-electron chi connectivity index (χ1n) is 5.09. The Balaban J connectivity index is 2.44. The fraction of sp³-hybridized carbons (Fsp3) is 0.0769. The van der Waals surface area contributed by atoms with Crippen molar-refractivity contribution in [3.05, 3.63) is 51.2 Å². The Morgan fingerprint density at radius 3 is 2.44 bits per heavy atom. The first-order valence-corrected chi connectivity index (χ1v) is 6.22. The Morgan fingerprint density at radius 1 is 1.06 bits per heavy atom. The van der Waals surface area contributed by atoms with Gasteiger partial charge in [0.15, 0.2) is 0 Å². The number of hydrogen-bond acceptors (Lipinski definition) is 2. The predicted molar refractivity (Wildman–Crippen MR) is 74.0 cm³/mol. The zero-order valence-corrected chi connectivity index (χ0v) is 11.4. The molecule has 0 radical (unpaired) electrons. The van der Waals surface area contributed by atoms with Gasteiger partial charge in [0.1, 0.15) is 0 Å². The zero-order chi connectivity index (χ0) is 13.1. The molecule has 2 aromatic rings. The van der Waals surface area contributed by atoms with Crippen molar-refractivity contribution in [2.45, 2.75) is 6.42 Å². The molecule has 0 unspecified atom stereocenters. The summed E-state index contributed by atoms with van der Waals surface area (Å²) in [5.41, 5.74) is 2.32. The average Bonchev–Trinajstić information content (AvgIpc) is 2.38. The first kappa shape index (κ1) is 13.2. The van der Waals surface area contributed by atoms with Crippen molar-refractivity contribution in [2.75, 3.05) is 0 Å². The van der Waals surface area contributed by atoms with Crippen LogP contribution in [0, 0.1) is 11.3 Å². The van der Waals surface area contributed by atoms with Gasteiger partial charge in [-0.1, -0.05) is 46.9 Å². The van der Waals surface area contributed by atoms with Crippen LogP contribution < -0.4 is 0 Å². The lowest BCUT2D eigenvalue weighted by atomic mass is 10.1. The van der Waals surface area contributed by atoms with E-state index in [1.807, 2.05) is 12.1 Å². The normalized spacial score (nSPS) is 10.1. The van der Waals surface area contributed by atoms with Gasteiger partial charge in [-0.2, -0.15) is 5.26 Å². The Morgan fingerprint density at radius 2 is 1.83 bits per heavy atom. The van der Waals surface area contributed by atoms with Crippen molar-refractivity contribution in [1.29, 1.82) is 5.26 Å². The minimum atomic E-state index is 0.287. The van der Waals surface area contributed by atoms with Crippen LogP contribution in [0.5, 0.6) is 0 Å². The lowest BCUT2D eigenvalue weighted by Gasteiger charge is -2.07. The van der Waals surface area contributed by atoms with Crippen LogP contribution in [-0.2, 0) is 6.42 Å². The van der Waals surface area contributed by atoms with Crippen LogP contribution in [0.25, 0.3) is 11.1 Å². The molecule has 0 bridgehead atoms. The van der Waals surface area contributed by atoms with Crippen molar-refractivity contribution in [1.82, 2.24) is 4.98 Å². The molecule has 0 saturated heterocycles. The monoisotopic (exact) mass is 296 g/mol. The molecule has 0 atom stereocenters. The smallest absolute Gasteiger partial charge is 0.0784 e. The Bertz CT molecular complexity index is 615. The van der Waals surface area contributed by atoms with E-state index in [1.54, 1.807) is 24.4 Å². The van der Waals surface area contributed by atoms with E-state index in [9.17, 15) is 0 Å². The summed E-state index contributed by atoms with van der Waals surface area (Å²) in [4.78, 5) is 4.18. The molecule has 1 aromatic heterocycles. The molecular formula is C13H7Cl3N2. The third-order valence-electron chi connectivity index (χ3n) is 2.43. The molecule has 0 fully saturated rings. The molecule has 1 heterocycles. The van der Waals surface area contributed by atoms with Gasteiger partial charge in [-0.05, 0) is 12.1 Å². The SMILES string of the molecule is N#CCc1ccc(-c2ccc(Cl)c(Cl)c2Cl)cn1. The lowest BCUT2D eigenvalue weighted by molar-refractivity contribution is 1.12. The second kappa shape index (κ2) is 5.58. The third-order valence-corrected chi connectivity index (χ3v) is 3.72. The van der Waals surface area contributed by atoms with Crippen LogP contribution in [0.2, 0.25) is 15.1 Å². The van der Waals surface area contributed by atoms with Crippen molar-refractivity contribution >= 4 is 34.8 Å². The van der Waals surface area contributed by atoms with Crippen LogP contribution in [0.3, 0.4) is 0 Å². The summed E-state index contributed by atoms with van der Waals surface area (Å²) in [6, 6.07) is 9.16. The number of halogens is 3. The highest BCUT2D eigenvalue weighted by Gasteiger charge is 2.10. The van der Waals surface area contributed by atoms with Gasteiger partial charge in [0, 0.05) is 17.3 Å². The lowest BCUT2D eigenvalue weighted by Crippen LogP contribution is -1.89. The van der Waals surface area contributed by atoms with Crippen LogP contribution in [0.4, 0.5) is 0 Å². The van der Waals surface area contributed by atoms with Gasteiger partial charge < -0.3 is 0 Å². The molecule has 5 heteroatoms. The maximum absolute atomic E-state index is 8.57. The molecule has 0 aliphatic heterocycles. The van der Waals surface area contributed by atoms with Gasteiger partial charge in [0.05, 0.1) is 33.3 Å². The minimum absolute atomic E-state index is 0.287. The molecule has 0 saturated carbocycles. The van der Waals surface area contributed by atoms with E-state index in [0.717, 1.165) is 16.8 Å². The number of hydrogen-bond donors (Lipinski definition) is 0. The van der Waals surface area contributed by atoms with E-state index in [2.05, 4.69) is 4.98 Å². The van der Waals surface area contributed by atoms with Crippen LogP contribution in [0.15, 0.2) is 30.5 Å². The van der Waals surface area contributed by atoms with E-state index in [-0.39, 0.29) is 6.42 Å². The predicted octanol–water partition coefficient (Wildman–Crippen LogP) is 4.77. The highest BCUT2D eigenvalue weighted by molar-refractivity contribution is 6.49. The van der Waals surface area contributed by atoms with E-state index >= 15 is 0 Å². The maximum atomic E-state index is 8.57. The van der Waals surface area contributed by atoms with E-state index in [4.69, 9.17) is 40.1 Å². The molecule has 18 heavy (non-hydrogen) atoms. The highest BCUT2D eigenvalue weighted by atomic mass is 35.5. The molecule has 2 rings (SSSR count). The molecule has 2 nitrogen and oxygen atoms in total. The van der Waals surface area contributed by atoms with Gasteiger partial charge in [-0.15, -0.1) is 0 Å². The first-order chi connectivity index (χ1) is 8.63. The molecule has 0 aliphatic carbocycles. The van der Waals surface area contributed by atoms with E-state index in [0.29, 0.717) is 15.1 Å². The van der Waals surface area contributed by atoms with Crippen LogP contribution in [-0.4, -0.2) is 4.98 Å². The summed E-state index contributed by atoms with van der Waals surface area (Å²) in [7, 11) is 0. The maximum Gasteiger partial charge on any atom is 0.0784 e. The number of aromatic nitrogens is 1. The third kappa shape index (κ3) is 2.59. The van der Waals surface area contributed by atoms with Crippen molar-refractivity contribution < 1.29 is 0 Å². The van der Waals surface area contributed by atoms with E-state index < -0.39 is 0 Å². The number of rotatable bonds is 2. The van der Waals surface area contributed by atoms with Gasteiger partial charge in [-0.25, -0.2) is 0 Å². The van der Waals surface area contributed by atoms with Gasteiger partial charge in [0.2, 0.25) is 0 Å². The summed E-state index contributed by atoms with van der Waals surface area (Å²) in [5, 5.41) is 9.72. The van der Waals surface area contributed by atoms with Crippen molar-refractivity contribution in [2.24, 2.45) is 0 Å².